The van der Waals surface area contributed by atoms with Gasteiger partial charge in [0.15, 0.2) is 0 Å². The van der Waals surface area contributed by atoms with Gasteiger partial charge in [-0.3, -0.25) is 4.79 Å². The van der Waals surface area contributed by atoms with Crippen LogP contribution in [0.5, 0.6) is 0 Å². The fourth-order valence-corrected chi connectivity index (χ4v) is 3.75. The summed E-state index contributed by atoms with van der Waals surface area (Å²) >= 11 is 0. The Bertz CT molecular complexity index is 815. The van der Waals surface area contributed by atoms with Crippen molar-refractivity contribution in [3.05, 3.63) is 42.0 Å². The van der Waals surface area contributed by atoms with E-state index in [-0.39, 0.29) is 17.3 Å². The number of imidazole rings is 1. The van der Waals surface area contributed by atoms with Gasteiger partial charge in [0.2, 0.25) is 15.9 Å². The highest BCUT2D eigenvalue weighted by Gasteiger charge is 2.23. The van der Waals surface area contributed by atoms with Crippen molar-refractivity contribution in [1.29, 1.82) is 0 Å². The second kappa shape index (κ2) is 6.13. The zero-order chi connectivity index (χ0) is 16.4. The molecule has 0 bridgehead atoms. The lowest BCUT2D eigenvalue weighted by atomic mass is 10.0. The number of H-pyrrole nitrogens is 1. The molecule has 0 aliphatic carbocycles. The Morgan fingerprint density at radius 1 is 1.43 bits per heavy atom. The molecule has 7 nitrogen and oxygen atoms in total. The van der Waals surface area contributed by atoms with E-state index in [0.717, 1.165) is 24.1 Å². The Labute approximate surface area is 134 Å². The summed E-state index contributed by atoms with van der Waals surface area (Å²) in [5, 5.41) is 0. The van der Waals surface area contributed by atoms with Gasteiger partial charge < -0.3 is 9.88 Å². The number of aromatic amines is 1. The maximum atomic E-state index is 12.4. The van der Waals surface area contributed by atoms with Crippen molar-refractivity contribution in [2.75, 3.05) is 11.4 Å². The predicted octanol–water partition coefficient (Wildman–Crippen LogP) is 1.19. The van der Waals surface area contributed by atoms with Gasteiger partial charge in [0.05, 0.1) is 11.4 Å². The Morgan fingerprint density at radius 3 is 2.96 bits per heavy atom. The normalized spacial score (nSPS) is 14.6. The Morgan fingerprint density at radius 2 is 2.26 bits per heavy atom. The first kappa shape index (κ1) is 15.7. The summed E-state index contributed by atoms with van der Waals surface area (Å²) in [6, 6.07) is 4.89. The van der Waals surface area contributed by atoms with E-state index in [2.05, 4.69) is 14.7 Å². The summed E-state index contributed by atoms with van der Waals surface area (Å²) in [5.74, 6) is 0.520. The first-order valence-corrected chi connectivity index (χ1v) is 8.84. The van der Waals surface area contributed by atoms with Gasteiger partial charge >= 0.3 is 0 Å². The van der Waals surface area contributed by atoms with Gasteiger partial charge in [0.25, 0.3) is 0 Å². The number of sulfonamides is 1. The lowest BCUT2D eigenvalue weighted by Crippen LogP contribution is -2.33. The minimum absolute atomic E-state index is 0.0301. The summed E-state index contributed by atoms with van der Waals surface area (Å²) in [6.45, 7) is 2.29. The molecule has 3 rings (SSSR count). The Balaban J connectivity index is 1.84. The third kappa shape index (κ3) is 3.27. The number of hydrogen-bond acceptors (Lipinski definition) is 4. The van der Waals surface area contributed by atoms with Gasteiger partial charge in [-0.15, -0.1) is 0 Å². The first-order valence-electron chi connectivity index (χ1n) is 7.36. The molecule has 122 valence electrons. The molecular weight excluding hydrogens is 316 g/mol. The molecule has 2 aromatic rings. The van der Waals surface area contributed by atoms with E-state index in [1.165, 1.54) is 13.0 Å². The van der Waals surface area contributed by atoms with E-state index in [9.17, 15) is 13.2 Å². The summed E-state index contributed by atoms with van der Waals surface area (Å²) in [5.41, 5.74) is 1.68. The number of benzene rings is 1. The van der Waals surface area contributed by atoms with Gasteiger partial charge in [-0.1, -0.05) is 0 Å². The van der Waals surface area contributed by atoms with Crippen LogP contribution in [-0.2, 0) is 27.8 Å². The number of carbonyl (C=O) groups excluding carboxylic acids is 1. The second-order valence-electron chi connectivity index (χ2n) is 5.43. The summed E-state index contributed by atoms with van der Waals surface area (Å²) < 4.78 is 27.3. The number of aryl methyl sites for hydroxylation is 1. The van der Waals surface area contributed by atoms with E-state index in [4.69, 9.17) is 0 Å². The van der Waals surface area contributed by atoms with Crippen LogP contribution in [0.4, 0.5) is 5.69 Å². The number of anilines is 1. The number of nitrogens with one attached hydrogen (secondary N) is 2. The second-order valence-corrected chi connectivity index (χ2v) is 7.19. The van der Waals surface area contributed by atoms with Crippen LogP contribution < -0.4 is 9.62 Å². The fraction of sp³-hybridized carbons (Fsp3) is 0.333. The molecule has 0 spiro atoms. The molecule has 1 aromatic heterocycles. The van der Waals surface area contributed by atoms with Crippen LogP contribution in [0.2, 0.25) is 0 Å². The molecule has 1 aromatic carbocycles. The van der Waals surface area contributed by atoms with Crippen LogP contribution in [0.15, 0.2) is 35.5 Å². The van der Waals surface area contributed by atoms with Gasteiger partial charge in [-0.25, -0.2) is 18.1 Å². The maximum absolute atomic E-state index is 12.4. The van der Waals surface area contributed by atoms with E-state index >= 15 is 0 Å². The van der Waals surface area contributed by atoms with E-state index in [1.54, 1.807) is 29.4 Å². The number of rotatable bonds is 4. The van der Waals surface area contributed by atoms with Crippen molar-refractivity contribution in [3.63, 3.8) is 0 Å². The third-order valence-electron chi connectivity index (χ3n) is 3.84. The molecule has 0 saturated carbocycles. The molecule has 0 fully saturated rings. The van der Waals surface area contributed by atoms with Crippen molar-refractivity contribution >= 4 is 21.6 Å². The van der Waals surface area contributed by atoms with Gasteiger partial charge in [0.1, 0.15) is 5.82 Å². The van der Waals surface area contributed by atoms with Crippen molar-refractivity contribution in [2.45, 2.75) is 31.2 Å². The van der Waals surface area contributed by atoms with Crippen LogP contribution in [0.3, 0.4) is 0 Å². The molecule has 0 atom stereocenters. The van der Waals surface area contributed by atoms with Crippen molar-refractivity contribution in [3.8, 4) is 0 Å². The zero-order valence-electron chi connectivity index (χ0n) is 12.7. The number of nitrogens with zero attached hydrogens (tertiary/aromatic N) is 2. The van der Waals surface area contributed by atoms with E-state index < -0.39 is 10.0 Å². The maximum Gasteiger partial charge on any atom is 0.240 e. The van der Waals surface area contributed by atoms with Crippen LogP contribution in [0.25, 0.3) is 0 Å². The SMILES string of the molecule is CC(=O)N1CCCc2cc(S(=O)(=O)NCc3ncc[nH]3)ccc21. The molecule has 1 amide bonds. The molecule has 0 radical (unpaired) electrons. The number of amides is 1. The lowest BCUT2D eigenvalue weighted by Gasteiger charge is -2.28. The van der Waals surface area contributed by atoms with Crippen LogP contribution in [0.1, 0.15) is 24.7 Å². The monoisotopic (exact) mass is 334 g/mol. The molecule has 1 aliphatic rings. The first-order chi connectivity index (χ1) is 11.0. The molecule has 23 heavy (non-hydrogen) atoms. The molecular formula is C15H18N4O3S. The topological polar surface area (TPSA) is 95.2 Å². The summed E-state index contributed by atoms with van der Waals surface area (Å²) in [6.07, 6.45) is 4.80. The molecule has 2 heterocycles. The fourth-order valence-electron chi connectivity index (χ4n) is 2.71. The average Bonchev–Trinajstić information content (AvgIpc) is 3.05. The number of hydrogen-bond donors (Lipinski definition) is 2. The standard InChI is InChI=1S/C15H18N4O3S/c1-11(20)19-8-2-3-12-9-13(4-5-14(12)19)23(21,22)18-10-15-16-6-7-17-15/h4-7,9,18H,2-3,8,10H2,1H3,(H,16,17). The Hall–Kier alpha value is -2.19. The van der Waals surface area contributed by atoms with Gasteiger partial charge in [0, 0.05) is 31.5 Å². The number of aromatic nitrogens is 2. The highest BCUT2D eigenvalue weighted by Crippen LogP contribution is 2.29. The molecule has 0 saturated heterocycles. The third-order valence-corrected chi connectivity index (χ3v) is 5.24. The smallest absolute Gasteiger partial charge is 0.240 e. The average molecular weight is 334 g/mol. The van der Waals surface area contributed by atoms with Crippen LogP contribution in [0, 0.1) is 0 Å². The molecule has 8 heteroatoms. The van der Waals surface area contributed by atoms with E-state index in [1.807, 2.05) is 0 Å². The van der Waals surface area contributed by atoms with Crippen molar-refractivity contribution in [1.82, 2.24) is 14.7 Å². The Kier molecular flexibility index (Phi) is 4.18. The van der Waals surface area contributed by atoms with Gasteiger partial charge in [-0.05, 0) is 36.6 Å². The zero-order valence-corrected chi connectivity index (χ0v) is 13.6. The summed E-state index contributed by atoms with van der Waals surface area (Å²) in [4.78, 5) is 20.4. The number of carbonyl (C=O) groups is 1. The minimum Gasteiger partial charge on any atom is -0.347 e. The van der Waals surface area contributed by atoms with Crippen molar-refractivity contribution < 1.29 is 13.2 Å². The highest BCUT2D eigenvalue weighted by atomic mass is 32.2. The van der Waals surface area contributed by atoms with Crippen LogP contribution in [-0.4, -0.2) is 30.8 Å². The van der Waals surface area contributed by atoms with Crippen molar-refractivity contribution in [2.24, 2.45) is 0 Å². The lowest BCUT2D eigenvalue weighted by molar-refractivity contribution is -0.116. The quantitative estimate of drug-likeness (QED) is 0.878. The molecule has 0 unspecified atom stereocenters. The highest BCUT2D eigenvalue weighted by molar-refractivity contribution is 7.89. The number of fused-ring (bicyclic) bond motifs is 1. The van der Waals surface area contributed by atoms with Gasteiger partial charge in [-0.2, -0.15) is 0 Å². The predicted molar refractivity (Wildman–Crippen MR) is 85.4 cm³/mol. The minimum atomic E-state index is -3.62. The van der Waals surface area contributed by atoms with Crippen LogP contribution >= 0.6 is 0 Å². The molecule has 1 aliphatic heterocycles. The largest absolute Gasteiger partial charge is 0.347 e. The van der Waals surface area contributed by atoms with E-state index in [0.29, 0.717) is 12.4 Å². The summed E-state index contributed by atoms with van der Waals surface area (Å²) in [7, 11) is -3.62. The molecule has 2 N–H and O–H groups in total.